The molecule has 2 rings (SSSR count). The van der Waals surface area contributed by atoms with E-state index in [0.29, 0.717) is 12.3 Å². The number of ether oxygens (including phenoxy) is 1. The van der Waals surface area contributed by atoms with Crippen molar-refractivity contribution in [2.45, 2.75) is 13.0 Å². The fraction of sp³-hybridized carbons (Fsp3) is 0.273. The Morgan fingerprint density at radius 2 is 2.19 bits per heavy atom. The second-order valence-electron chi connectivity index (χ2n) is 3.54. The van der Waals surface area contributed by atoms with Gasteiger partial charge < -0.3 is 14.7 Å². The van der Waals surface area contributed by atoms with Crippen LogP contribution in [0.4, 0.5) is 4.79 Å². The lowest BCUT2D eigenvalue weighted by molar-refractivity contribution is -0.137. The minimum Gasteiger partial charge on any atom is -0.481 e. The number of hydrogen-bond acceptors (Lipinski definition) is 3. The Hall–Kier alpha value is -2.04. The molecule has 1 aliphatic rings. The first-order valence-electron chi connectivity index (χ1n) is 4.93. The van der Waals surface area contributed by atoms with Gasteiger partial charge in [0.25, 0.3) is 0 Å². The van der Waals surface area contributed by atoms with Crippen molar-refractivity contribution in [1.29, 1.82) is 0 Å². The number of benzene rings is 1. The summed E-state index contributed by atoms with van der Waals surface area (Å²) >= 11 is 0. The Bertz CT molecular complexity index is 430. The maximum absolute atomic E-state index is 11.5. The smallest absolute Gasteiger partial charge is 0.415 e. The number of carboxylic acids is 1. The van der Waals surface area contributed by atoms with Gasteiger partial charge in [-0.1, -0.05) is 18.2 Å². The van der Waals surface area contributed by atoms with E-state index in [9.17, 15) is 9.59 Å². The van der Waals surface area contributed by atoms with Crippen LogP contribution in [0.5, 0.6) is 5.75 Å². The topological polar surface area (TPSA) is 66.8 Å². The van der Waals surface area contributed by atoms with Crippen molar-refractivity contribution in [3.05, 3.63) is 29.8 Å². The van der Waals surface area contributed by atoms with Crippen molar-refractivity contribution in [3.8, 4) is 5.75 Å². The molecule has 0 radical (unpaired) electrons. The molecule has 0 unspecified atom stereocenters. The van der Waals surface area contributed by atoms with E-state index in [1.54, 1.807) is 12.1 Å². The number of hydrogen-bond donors (Lipinski definition) is 1. The van der Waals surface area contributed by atoms with Crippen molar-refractivity contribution in [3.63, 3.8) is 0 Å². The highest BCUT2D eigenvalue weighted by Crippen LogP contribution is 2.25. The van der Waals surface area contributed by atoms with Crippen LogP contribution < -0.4 is 4.74 Å². The van der Waals surface area contributed by atoms with Crippen molar-refractivity contribution in [2.75, 3.05) is 6.54 Å². The summed E-state index contributed by atoms with van der Waals surface area (Å²) in [5.41, 5.74) is 0.896. The molecule has 0 aromatic heterocycles. The van der Waals surface area contributed by atoms with Gasteiger partial charge in [0.15, 0.2) is 0 Å². The van der Waals surface area contributed by atoms with Crippen molar-refractivity contribution < 1.29 is 19.4 Å². The summed E-state index contributed by atoms with van der Waals surface area (Å²) in [7, 11) is 0. The molecule has 0 saturated carbocycles. The maximum atomic E-state index is 11.5. The molecule has 0 bridgehead atoms. The molecule has 5 nitrogen and oxygen atoms in total. The second-order valence-corrected chi connectivity index (χ2v) is 3.54. The normalized spacial score (nSPS) is 14.2. The van der Waals surface area contributed by atoms with Crippen LogP contribution >= 0.6 is 0 Å². The molecule has 1 aromatic rings. The van der Waals surface area contributed by atoms with Crippen LogP contribution in [-0.4, -0.2) is 28.6 Å². The first-order valence-corrected chi connectivity index (χ1v) is 4.93. The average Bonchev–Trinajstić information content (AvgIpc) is 2.26. The molecule has 16 heavy (non-hydrogen) atoms. The summed E-state index contributed by atoms with van der Waals surface area (Å²) < 4.78 is 5.07. The summed E-state index contributed by atoms with van der Waals surface area (Å²) in [5.74, 6) is -0.370. The summed E-state index contributed by atoms with van der Waals surface area (Å²) in [6.07, 6.45) is -0.558. The molecule has 1 N–H and O–H groups in total. The highest BCUT2D eigenvalue weighted by Gasteiger charge is 2.24. The molecular weight excluding hydrogens is 210 g/mol. The van der Waals surface area contributed by atoms with Gasteiger partial charge in [0.1, 0.15) is 5.75 Å². The third kappa shape index (κ3) is 2.13. The number of fused-ring (bicyclic) bond motifs is 1. The quantitative estimate of drug-likeness (QED) is 0.839. The summed E-state index contributed by atoms with van der Waals surface area (Å²) in [6, 6.07) is 7.23. The van der Waals surface area contributed by atoms with Gasteiger partial charge in [-0.2, -0.15) is 0 Å². The lowest BCUT2D eigenvalue weighted by Gasteiger charge is -2.27. The van der Waals surface area contributed by atoms with Crippen molar-refractivity contribution in [2.24, 2.45) is 0 Å². The summed E-state index contributed by atoms with van der Waals surface area (Å²) in [4.78, 5) is 23.3. The highest BCUT2D eigenvalue weighted by atomic mass is 16.6. The lowest BCUT2D eigenvalue weighted by atomic mass is 10.1. The zero-order valence-corrected chi connectivity index (χ0v) is 8.55. The van der Waals surface area contributed by atoms with Crippen LogP contribution in [0, 0.1) is 0 Å². The Labute approximate surface area is 92.2 Å². The first kappa shape index (κ1) is 10.5. The monoisotopic (exact) mass is 221 g/mol. The number of amides is 1. The van der Waals surface area contributed by atoms with E-state index in [1.807, 2.05) is 12.1 Å². The van der Waals surface area contributed by atoms with E-state index in [1.165, 1.54) is 4.90 Å². The number of rotatable bonds is 3. The van der Waals surface area contributed by atoms with Gasteiger partial charge >= 0.3 is 12.1 Å². The Morgan fingerprint density at radius 1 is 1.44 bits per heavy atom. The van der Waals surface area contributed by atoms with Gasteiger partial charge in [0.05, 0.1) is 13.0 Å². The van der Waals surface area contributed by atoms with Gasteiger partial charge in [-0.25, -0.2) is 4.79 Å². The molecule has 1 aliphatic heterocycles. The van der Waals surface area contributed by atoms with Gasteiger partial charge in [-0.15, -0.1) is 0 Å². The zero-order valence-electron chi connectivity index (χ0n) is 8.55. The number of para-hydroxylation sites is 1. The Balaban J connectivity index is 2.09. The summed E-state index contributed by atoms with van der Waals surface area (Å²) in [6.45, 7) is 0.574. The fourth-order valence-corrected chi connectivity index (χ4v) is 1.56. The number of carboxylic acid groups (broad SMARTS) is 1. The van der Waals surface area contributed by atoms with E-state index in [0.717, 1.165) is 5.56 Å². The van der Waals surface area contributed by atoms with Crippen molar-refractivity contribution >= 4 is 12.1 Å². The van der Waals surface area contributed by atoms with Crippen LogP contribution in [0.1, 0.15) is 12.0 Å². The summed E-state index contributed by atoms with van der Waals surface area (Å²) in [5, 5.41) is 8.55. The van der Waals surface area contributed by atoms with Crippen LogP contribution in [0.3, 0.4) is 0 Å². The van der Waals surface area contributed by atoms with E-state index in [2.05, 4.69) is 0 Å². The molecule has 0 fully saturated rings. The van der Waals surface area contributed by atoms with Crippen LogP contribution in [0.15, 0.2) is 24.3 Å². The Morgan fingerprint density at radius 3 is 2.94 bits per heavy atom. The molecule has 0 aliphatic carbocycles. The second kappa shape index (κ2) is 4.22. The van der Waals surface area contributed by atoms with E-state index < -0.39 is 12.1 Å². The largest absolute Gasteiger partial charge is 0.481 e. The molecule has 5 heteroatoms. The minimum atomic E-state index is -0.924. The van der Waals surface area contributed by atoms with E-state index >= 15 is 0 Å². The van der Waals surface area contributed by atoms with Crippen LogP contribution in [0.2, 0.25) is 0 Å². The number of carbonyl (C=O) groups excluding carboxylic acids is 1. The van der Waals surface area contributed by atoms with Crippen LogP contribution in [-0.2, 0) is 11.3 Å². The third-order valence-corrected chi connectivity index (χ3v) is 2.38. The predicted molar refractivity (Wildman–Crippen MR) is 55.1 cm³/mol. The standard InChI is InChI=1S/C11H11NO4/c13-10(14)5-6-12-7-8-3-1-2-4-9(8)16-11(12)15/h1-4H,5-7H2,(H,13,14). The van der Waals surface area contributed by atoms with E-state index in [-0.39, 0.29) is 13.0 Å². The molecule has 84 valence electrons. The third-order valence-electron chi connectivity index (χ3n) is 2.38. The Kier molecular flexibility index (Phi) is 2.76. The van der Waals surface area contributed by atoms with Crippen molar-refractivity contribution in [1.82, 2.24) is 4.90 Å². The fourth-order valence-electron chi connectivity index (χ4n) is 1.56. The average molecular weight is 221 g/mol. The predicted octanol–water partition coefficient (Wildman–Crippen LogP) is 1.48. The van der Waals surface area contributed by atoms with Gasteiger partial charge in [0, 0.05) is 12.1 Å². The minimum absolute atomic E-state index is 0.0722. The lowest BCUT2D eigenvalue weighted by Crippen LogP contribution is -2.38. The first-order chi connectivity index (χ1) is 7.66. The van der Waals surface area contributed by atoms with Gasteiger partial charge in [-0.05, 0) is 6.07 Å². The molecule has 0 saturated heterocycles. The van der Waals surface area contributed by atoms with Gasteiger partial charge in [-0.3, -0.25) is 4.79 Å². The molecule has 0 atom stereocenters. The number of carbonyl (C=O) groups is 2. The molecular formula is C11H11NO4. The number of nitrogens with zero attached hydrogens (tertiary/aromatic N) is 1. The number of aliphatic carboxylic acids is 1. The zero-order chi connectivity index (χ0) is 11.5. The maximum Gasteiger partial charge on any atom is 0.415 e. The van der Waals surface area contributed by atoms with Crippen LogP contribution in [0.25, 0.3) is 0 Å². The SMILES string of the molecule is O=C(O)CCN1Cc2ccccc2OC1=O. The van der Waals surface area contributed by atoms with Gasteiger partial charge in [0.2, 0.25) is 0 Å². The molecule has 1 heterocycles. The molecule has 1 amide bonds. The molecule has 0 spiro atoms. The van der Waals surface area contributed by atoms with E-state index in [4.69, 9.17) is 9.84 Å². The highest BCUT2D eigenvalue weighted by molar-refractivity contribution is 5.74. The molecule has 1 aromatic carbocycles.